The molecule has 0 spiro atoms. The Labute approximate surface area is 89.0 Å². The fourth-order valence-electron chi connectivity index (χ4n) is 1.83. The Morgan fingerprint density at radius 3 is 2.87 bits per heavy atom. The molecule has 1 heterocycles. The van der Waals surface area contributed by atoms with E-state index in [2.05, 4.69) is 0 Å². The van der Waals surface area contributed by atoms with Crippen LogP contribution < -0.4 is 5.73 Å². The maximum atomic E-state index is 12.0. The summed E-state index contributed by atoms with van der Waals surface area (Å²) in [5.41, 5.74) is 5.51. The summed E-state index contributed by atoms with van der Waals surface area (Å²) in [6, 6.07) is 3.80. The van der Waals surface area contributed by atoms with Gasteiger partial charge >= 0.3 is 0 Å². The summed E-state index contributed by atoms with van der Waals surface area (Å²) in [6.45, 7) is 1.12. The van der Waals surface area contributed by atoms with Crippen molar-refractivity contribution in [2.24, 2.45) is 5.73 Å². The van der Waals surface area contributed by atoms with Crippen molar-refractivity contribution in [3.8, 4) is 0 Å². The van der Waals surface area contributed by atoms with Crippen LogP contribution in [0.1, 0.15) is 29.8 Å². The fraction of sp³-hybridized carbons (Fsp3) is 0.545. The van der Waals surface area contributed by atoms with Crippen molar-refractivity contribution in [1.82, 2.24) is 4.90 Å². The average Bonchev–Trinajstić information content (AvgIpc) is 2.66. The molecule has 1 aromatic rings. The third-order valence-electron chi connectivity index (χ3n) is 2.88. The molecule has 82 valence electrons. The van der Waals surface area contributed by atoms with Gasteiger partial charge in [0.2, 0.25) is 0 Å². The molecule has 0 atom stereocenters. The van der Waals surface area contributed by atoms with Crippen molar-refractivity contribution >= 4 is 5.91 Å². The molecule has 4 nitrogen and oxygen atoms in total. The summed E-state index contributed by atoms with van der Waals surface area (Å²) in [5, 5.41) is 0. The summed E-state index contributed by atoms with van der Waals surface area (Å²) in [7, 11) is 0. The van der Waals surface area contributed by atoms with Crippen LogP contribution in [0.5, 0.6) is 0 Å². The molecule has 1 amide bonds. The Bertz CT molecular complexity index is 317. The molecule has 1 saturated carbocycles. The van der Waals surface area contributed by atoms with Crippen molar-refractivity contribution in [3.05, 3.63) is 24.2 Å². The van der Waals surface area contributed by atoms with E-state index in [1.807, 2.05) is 4.90 Å². The predicted octanol–water partition coefficient (Wildman–Crippen LogP) is 1.23. The van der Waals surface area contributed by atoms with E-state index in [4.69, 9.17) is 10.2 Å². The Hall–Kier alpha value is -1.29. The molecule has 1 aromatic heterocycles. The number of hydrogen-bond acceptors (Lipinski definition) is 3. The first-order valence-corrected chi connectivity index (χ1v) is 5.37. The normalized spacial score (nSPS) is 16.1. The maximum Gasteiger partial charge on any atom is 0.289 e. The van der Waals surface area contributed by atoms with E-state index in [1.165, 1.54) is 12.7 Å². The second-order valence-corrected chi connectivity index (χ2v) is 3.85. The largest absolute Gasteiger partial charge is 0.459 e. The summed E-state index contributed by atoms with van der Waals surface area (Å²) < 4.78 is 5.11. The molecule has 0 saturated heterocycles. The van der Waals surface area contributed by atoms with Crippen molar-refractivity contribution in [1.29, 1.82) is 0 Å². The summed E-state index contributed by atoms with van der Waals surface area (Å²) in [4.78, 5) is 13.8. The molecule has 0 bridgehead atoms. The highest BCUT2D eigenvalue weighted by atomic mass is 16.3. The Morgan fingerprint density at radius 1 is 1.60 bits per heavy atom. The second-order valence-electron chi connectivity index (χ2n) is 3.85. The zero-order valence-electron chi connectivity index (χ0n) is 8.69. The molecule has 0 aromatic carbocycles. The molecule has 2 N–H and O–H groups in total. The van der Waals surface area contributed by atoms with Crippen LogP contribution in [0.15, 0.2) is 22.8 Å². The SMILES string of the molecule is NCCN(C(=O)c1ccco1)C1CCC1. The number of carbonyl (C=O) groups excluding carboxylic acids is 1. The minimum atomic E-state index is -0.0323. The van der Waals surface area contributed by atoms with Crippen LogP contribution in [0.3, 0.4) is 0 Å². The number of carbonyl (C=O) groups is 1. The molecule has 0 unspecified atom stereocenters. The molecule has 2 rings (SSSR count). The highest BCUT2D eigenvalue weighted by molar-refractivity contribution is 5.91. The van der Waals surface area contributed by atoms with Gasteiger partial charge in [-0.05, 0) is 31.4 Å². The predicted molar refractivity (Wildman–Crippen MR) is 56.4 cm³/mol. The van der Waals surface area contributed by atoms with Gasteiger partial charge in [0.15, 0.2) is 5.76 Å². The number of nitrogens with zero attached hydrogens (tertiary/aromatic N) is 1. The molecule has 1 fully saturated rings. The third kappa shape index (κ3) is 2.04. The van der Waals surface area contributed by atoms with E-state index in [9.17, 15) is 4.79 Å². The Kier molecular flexibility index (Phi) is 3.06. The van der Waals surface area contributed by atoms with Gasteiger partial charge in [0.1, 0.15) is 0 Å². The van der Waals surface area contributed by atoms with Crippen molar-refractivity contribution in [2.45, 2.75) is 25.3 Å². The summed E-state index contributed by atoms with van der Waals surface area (Å²) in [6.07, 6.45) is 4.91. The first kappa shape index (κ1) is 10.2. The number of hydrogen-bond donors (Lipinski definition) is 1. The van der Waals surface area contributed by atoms with Crippen LogP contribution in [0, 0.1) is 0 Å². The van der Waals surface area contributed by atoms with E-state index < -0.39 is 0 Å². The van der Waals surface area contributed by atoms with Gasteiger partial charge in [-0.2, -0.15) is 0 Å². The van der Waals surface area contributed by atoms with Crippen LogP contribution in [0.2, 0.25) is 0 Å². The van der Waals surface area contributed by atoms with Crippen LogP contribution in [0.4, 0.5) is 0 Å². The van der Waals surface area contributed by atoms with E-state index >= 15 is 0 Å². The smallest absolute Gasteiger partial charge is 0.289 e. The Morgan fingerprint density at radius 2 is 2.40 bits per heavy atom. The molecule has 0 aliphatic heterocycles. The van der Waals surface area contributed by atoms with E-state index in [0.29, 0.717) is 24.9 Å². The van der Waals surface area contributed by atoms with E-state index in [0.717, 1.165) is 12.8 Å². The van der Waals surface area contributed by atoms with Gasteiger partial charge in [0, 0.05) is 19.1 Å². The second kappa shape index (κ2) is 4.49. The standard InChI is InChI=1S/C11H16N2O2/c12-6-7-13(9-3-1-4-9)11(14)10-5-2-8-15-10/h2,5,8-9H,1,3-4,6-7,12H2. The fourth-order valence-corrected chi connectivity index (χ4v) is 1.83. The van der Waals surface area contributed by atoms with Crippen LogP contribution in [-0.2, 0) is 0 Å². The average molecular weight is 208 g/mol. The van der Waals surface area contributed by atoms with Crippen molar-refractivity contribution < 1.29 is 9.21 Å². The number of amides is 1. The van der Waals surface area contributed by atoms with Crippen molar-refractivity contribution in [3.63, 3.8) is 0 Å². The van der Waals surface area contributed by atoms with Crippen molar-refractivity contribution in [2.75, 3.05) is 13.1 Å². The lowest BCUT2D eigenvalue weighted by molar-refractivity contribution is 0.0556. The lowest BCUT2D eigenvalue weighted by Gasteiger charge is -2.36. The molecular formula is C11H16N2O2. The minimum absolute atomic E-state index is 0.0323. The molecule has 1 aliphatic rings. The lowest BCUT2D eigenvalue weighted by Crippen LogP contribution is -2.46. The molecule has 0 radical (unpaired) electrons. The molecule has 15 heavy (non-hydrogen) atoms. The summed E-state index contributed by atoms with van der Waals surface area (Å²) in [5.74, 6) is 0.380. The minimum Gasteiger partial charge on any atom is -0.459 e. The van der Waals surface area contributed by atoms with E-state index in [1.54, 1.807) is 12.1 Å². The first-order chi connectivity index (χ1) is 7.33. The topological polar surface area (TPSA) is 59.5 Å². The highest BCUT2D eigenvalue weighted by Gasteiger charge is 2.29. The van der Waals surface area contributed by atoms with Crippen LogP contribution >= 0.6 is 0 Å². The van der Waals surface area contributed by atoms with Gasteiger partial charge < -0.3 is 15.1 Å². The quantitative estimate of drug-likeness (QED) is 0.809. The van der Waals surface area contributed by atoms with Crippen LogP contribution in [0.25, 0.3) is 0 Å². The van der Waals surface area contributed by atoms with Gasteiger partial charge in [0.25, 0.3) is 5.91 Å². The molecular weight excluding hydrogens is 192 g/mol. The molecule has 1 aliphatic carbocycles. The monoisotopic (exact) mass is 208 g/mol. The Balaban J connectivity index is 2.06. The zero-order chi connectivity index (χ0) is 10.7. The third-order valence-corrected chi connectivity index (χ3v) is 2.88. The van der Waals surface area contributed by atoms with Gasteiger partial charge in [-0.3, -0.25) is 4.79 Å². The first-order valence-electron chi connectivity index (χ1n) is 5.37. The summed E-state index contributed by atoms with van der Waals surface area (Å²) >= 11 is 0. The van der Waals surface area contributed by atoms with Gasteiger partial charge in [-0.25, -0.2) is 0 Å². The van der Waals surface area contributed by atoms with E-state index in [-0.39, 0.29) is 5.91 Å². The van der Waals surface area contributed by atoms with Gasteiger partial charge in [-0.1, -0.05) is 0 Å². The van der Waals surface area contributed by atoms with Crippen LogP contribution in [-0.4, -0.2) is 29.9 Å². The lowest BCUT2D eigenvalue weighted by atomic mass is 9.91. The number of furan rings is 1. The van der Waals surface area contributed by atoms with Gasteiger partial charge in [-0.15, -0.1) is 0 Å². The maximum absolute atomic E-state index is 12.0. The highest BCUT2D eigenvalue weighted by Crippen LogP contribution is 2.25. The number of nitrogens with two attached hydrogens (primary N) is 1. The molecule has 4 heteroatoms. The zero-order valence-corrected chi connectivity index (χ0v) is 8.69. The van der Waals surface area contributed by atoms with Gasteiger partial charge in [0.05, 0.1) is 6.26 Å². The number of rotatable bonds is 4.